The molecular weight excluding hydrogens is 340 g/mol. The molecule has 0 spiro atoms. The van der Waals surface area contributed by atoms with Crippen molar-refractivity contribution in [1.82, 2.24) is 15.1 Å². The smallest absolute Gasteiger partial charge is 0.326 e. The Balaban J connectivity index is 1.58. The summed E-state index contributed by atoms with van der Waals surface area (Å²) in [5, 5.41) is 5.90. The van der Waals surface area contributed by atoms with E-state index in [9.17, 15) is 9.59 Å². The number of carbonyl (C=O) groups is 2. The molecule has 0 saturated heterocycles. The van der Waals surface area contributed by atoms with Crippen molar-refractivity contribution < 1.29 is 9.59 Å². The van der Waals surface area contributed by atoms with E-state index >= 15 is 0 Å². The highest BCUT2D eigenvalue weighted by molar-refractivity contribution is 5.95. The number of hydrogen-bond acceptors (Lipinski definition) is 3. The van der Waals surface area contributed by atoms with E-state index in [0.717, 1.165) is 24.1 Å². The van der Waals surface area contributed by atoms with Gasteiger partial charge in [0.2, 0.25) is 0 Å². The molecule has 0 aliphatic carbocycles. The summed E-state index contributed by atoms with van der Waals surface area (Å²) in [4.78, 5) is 28.3. The van der Waals surface area contributed by atoms with Gasteiger partial charge >= 0.3 is 6.03 Å². The summed E-state index contributed by atoms with van der Waals surface area (Å²) < 4.78 is 0. The Morgan fingerprint density at radius 3 is 2.67 bits per heavy atom. The molecule has 2 aliphatic rings. The molecule has 2 heterocycles. The van der Waals surface area contributed by atoms with Crippen LogP contribution in [-0.4, -0.2) is 41.9 Å². The van der Waals surface area contributed by atoms with Gasteiger partial charge < -0.3 is 15.5 Å². The Hall–Kier alpha value is -3.02. The van der Waals surface area contributed by atoms with Crippen LogP contribution >= 0.6 is 0 Å². The summed E-state index contributed by atoms with van der Waals surface area (Å²) in [6, 6.07) is 6.83. The maximum absolute atomic E-state index is 12.5. The largest absolute Gasteiger partial charge is 0.367 e. The molecule has 1 aromatic rings. The van der Waals surface area contributed by atoms with Crippen LogP contribution in [0.5, 0.6) is 0 Å². The van der Waals surface area contributed by atoms with Crippen molar-refractivity contribution in [3.63, 3.8) is 0 Å². The lowest BCUT2D eigenvalue weighted by molar-refractivity contribution is 0.0789. The van der Waals surface area contributed by atoms with Gasteiger partial charge in [-0.15, -0.1) is 0 Å². The van der Waals surface area contributed by atoms with Crippen molar-refractivity contribution in [2.45, 2.75) is 20.3 Å². The summed E-state index contributed by atoms with van der Waals surface area (Å²) >= 11 is 0. The molecule has 6 heteroatoms. The molecule has 2 N–H and O–H groups in total. The minimum Gasteiger partial charge on any atom is -0.367 e. The second-order valence-corrected chi connectivity index (χ2v) is 7.30. The lowest BCUT2D eigenvalue weighted by atomic mass is 10.1. The van der Waals surface area contributed by atoms with Gasteiger partial charge in [-0.05, 0) is 53.8 Å². The summed E-state index contributed by atoms with van der Waals surface area (Å²) in [5.74, 6) is 0.553. The number of amides is 3. The summed E-state index contributed by atoms with van der Waals surface area (Å²) in [5.41, 5.74) is 3.40. The summed E-state index contributed by atoms with van der Waals surface area (Å²) in [7, 11) is 1.82. The minimum absolute atomic E-state index is 0.00639. The van der Waals surface area contributed by atoms with Crippen LogP contribution in [-0.2, 0) is 0 Å². The molecule has 0 atom stereocenters. The Morgan fingerprint density at radius 2 is 2.00 bits per heavy atom. The number of allylic oxidation sites excluding steroid dienone is 1. The fraction of sp³-hybridized carbons (Fsp3) is 0.333. The molecule has 0 unspecified atom stereocenters. The highest BCUT2D eigenvalue weighted by atomic mass is 16.2. The number of nitrogens with zero attached hydrogens (tertiary/aromatic N) is 2. The van der Waals surface area contributed by atoms with Gasteiger partial charge in [0.1, 0.15) is 0 Å². The van der Waals surface area contributed by atoms with Gasteiger partial charge in [-0.2, -0.15) is 0 Å². The van der Waals surface area contributed by atoms with E-state index in [2.05, 4.69) is 24.5 Å². The predicted molar refractivity (Wildman–Crippen MR) is 107 cm³/mol. The van der Waals surface area contributed by atoms with Crippen LogP contribution in [0.4, 0.5) is 10.5 Å². The van der Waals surface area contributed by atoms with E-state index in [0.29, 0.717) is 23.7 Å². The number of fused-ring (bicyclic) bond motifs is 1. The lowest BCUT2D eigenvalue weighted by Crippen LogP contribution is -2.29. The molecule has 1 aromatic carbocycles. The number of anilines is 1. The second kappa shape index (κ2) is 8.12. The molecule has 27 heavy (non-hydrogen) atoms. The van der Waals surface area contributed by atoms with Gasteiger partial charge in [-0.1, -0.05) is 13.8 Å². The molecule has 2 aliphatic heterocycles. The zero-order chi connectivity index (χ0) is 19.4. The molecule has 142 valence electrons. The highest BCUT2D eigenvalue weighted by Gasteiger charge is 2.23. The lowest BCUT2D eigenvalue weighted by Gasteiger charge is -2.19. The van der Waals surface area contributed by atoms with Gasteiger partial charge in [-0.3, -0.25) is 9.69 Å². The van der Waals surface area contributed by atoms with E-state index in [-0.39, 0.29) is 11.9 Å². The van der Waals surface area contributed by atoms with Crippen LogP contribution in [0.2, 0.25) is 0 Å². The third-order valence-corrected chi connectivity index (χ3v) is 4.66. The summed E-state index contributed by atoms with van der Waals surface area (Å²) in [6.07, 6.45) is 8.49. The minimum atomic E-state index is -0.195. The fourth-order valence-electron chi connectivity index (χ4n) is 2.93. The average Bonchev–Trinajstić information content (AvgIpc) is 3.10. The van der Waals surface area contributed by atoms with E-state index < -0.39 is 0 Å². The van der Waals surface area contributed by atoms with Crippen molar-refractivity contribution in [3.8, 4) is 0 Å². The van der Waals surface area contributed by atoms with Gasteiger partial charge in [0.05, 0.1) is 6.54 Å². The van der Waals surface area contributed by atoms with E-state index in [1.807, 2.05) is 31.7 Å². The van der Waals surface area contributed by atoms with Crippen LogP contribution in [0.25, 0.3) is 0 Å². The SMILES string of the molecule is CC(C)CCN(C)C(=O)c1ccc(NC(=O)N2C=C3C=CNC=C3C2)cc1. The number of rotatable bonds is 5. The average molecular weight is 366 g/mol. The first kappa shape index (κ1) is 18.8. The normalized spacial score (nSPS) is 15.0. The zero-order valence-corrected chi connectivity index (χ0v) is 16.0. The van der Waals surface area contributed by atoms with Crippen molar-refractivity contribution >= 4 is 17.6 Å². The first-order valence-corrected chi connectivity index (χ1v) is 9.21. The topological polar surface area (TPSA) is 64.7 Å². The number of benzene rings is 1. The van der Waals surface area contributed by atoms with Crippen molar-refractivity contribution in [2.24, 2.45) is 5.92 Å². The number of hydrogen-bond donors (Lipinski definition) is 2. The predicted octanol–water partition coefficient (Wildman–Crippen LogP) is 3.54. The Morgan fingerprint density at radius 1 is 1.26 bits per heavy atom. The van der Waals surface area contributed by atoms with E-state index in [1.165, 1.54) is 0 Å². The molecule has 6 nitrogen and oxygen atoms in total. The molecule has 3 amide bonds. The monoisotopic (exact) mass is 366 g/mol. The molecule has 0 bridgehead atoms. The fourth-order valence-corrected chi connectivity index (χ4v) is 2.93. The molecular formula is C21H26N4O2. The molecule has 0 saturated carbocycles. The summed E-state index contributed by atoms with van der Waals surface area (Å²) in [6.45, 7) is 5.56. The van der Waals surface area contributed by atoms with Crippen LogP contribution in [0.1, 0.15) is 30.6 Å². The van der Waals surface area contributed by atoms with Crippen LogP contribution < -0.4 is 10.6 Å². The number of urea groups is 1. The molecule has 0 aromatic heterocycles. The number of nitrogens with one attached hydrogen (secondary N) is 2. The van der Waals surface area contributed by atoms with Gasteiger partial charge in [0.25, 0.3) is 5.91 Å². The second-order valence-electron chi connectivity index (χ2n) is 7.30. The third kappa shape index (κ3) is 4.58. The quantitative estimate of drug-likeness (QED) is 0.838. The molecule has 0 radical (unpaired) electrons. The molecule has 3 rings (SSSR count). The van der Waals surface area contributed by atoms with Crippen molar-refractivity contribution in [3.05, 3.63) is 65.7 Å². The number of dihydropyridines is 1. The van der Waals surface area contributed by atoms with Crippen LogP contribution in [0, 0.1) is 5.92 Å². The van der Waals surface area contributed by atoms with Gasteiger partial charge in [0, 0.05) is 43.4 Å². The third-order valence-electron chi connectivity index (χ3n) is 4.66. The van der Waals surface area contributed by atoms with Crippen molar-refractivity contribution in [1.29, 1.82) is 0 Å². The van der Waals surface area contributed by atoms with Crippen molar-refractivity contribution in [2.75, 3.05) is 25.5 Å². The van der Waals surface area contributed by atoms with Gasteiger partial charge in [0.15, 0.2) is 0 Å². The van der Waals surface area contributed by atoms with Gasteiger partial charge in [-0.25, -0.2) is 4.79 Å². The number of carbonyl (C=O) groups excluding carboxylic acids is 2. The zero-order valence-electron chi connectivity index (χ0n) is 16.0. The molecule has 0 fully saturated rings. The maximum Gasteiger partial charge on any atom is 0.326 e. The van der Waals surface area contributed by atoms with E-state index in [4.69, 9.17) is 0 Å². The Kier molecular flexibility index (Phi) is 5.64. The van der Waals surface area contributed by atoms with Crippen LogP contribution in [0.15, 0.2) is 60.1 Å². The first-order valence-electron chi connectivity index (χ1n) is 9.21. The first-order chi connectivity index (χ1) is 12.9. The highest BCUT2D eigenvalue weighted by Crippen LogP contribution is 2.24. The Bertz CT molecular complexity index is 806. The van der Waals surface area contributed by atoms with E-state index in [1.54, 1.807) is 34.1 Å². The standard InChI is InChI=1S/C21H26N4O2/c1-15(2)9-11-24(3)20(26)16-4-6-19(7-5-16)23-21(27)25-13-17-8-10-22-12-18(17)14-25/h4-8,10,12-13,15,22H,9,11,14H2,1-3H3,(H,23,27). The maximum atomic E-state index is 12.5. The Labute approximate surface area is 160 Å². The van der Waals surface area contributed by atoms with Crippen LogP contribution in [0.3, 0.4) is 0 Å².